The third-order valence-corrected chi connectivity index (χ3v) is 2.82. The standard InChI is InChI=1S/C15H17NO2/c1-2-18-15(17)16-11-10-13-8-5-7-12-6-3-4-9-14(12)13/h3-9H,2,10-11H2,1H3,(H,16,17). The maximum atomic E-state index is 11.2. The fourth-order valence-electron chi connectivity index (χ4n) is 1.99. The van der Waals surface area contributed by atoms with Crippen LogP contribution in [0.2, 0.25) is 0 Å². The fraction of sp³-hybridized carbons (Fsp3) is 0.267. The van der Waals surface area contributed by atoms with Gasteiger partial charge in [0.1, 0.15) is 0 Å². The zero-order valence-electron chi connectivity index (χ0n) is 10.5. The first-order valence-corrected chi connectivity index (χ1v) is 6.18. The van der Waals surface area contributed by atoms with Gasteiger partial charge in [-0.1, -0.05) is 42.5 Å². The first-order valence-electron chi connectivity index (χ1n) is 6.18. The van der Waals surface area contributed by atoms with E-state index in [9.17, 15) is 4.79 Å². The molecular weight excluding hydrogens is 226 g/mol. The second kappa shape index (κ2) is 6.05. The molecule has 3 heteroatoms. The molecule has 94 valence electrons. The number of ether oxygens (including phenoxy) is 1. The van der Waals surface area contributed by atoms with E-state index in [-0.39, 0.29) is 6.09 Å². The second-order valence-electron chi connectivity index (χ2n) is 4.04. The summed E-state index contributed by atoms with van der Waals surface area (Å²) >= 11 is 0. The summed E-state index contributed by atoms with van der Waals surface area (Å²) in [5, 5.41) is 5.20. The maximum absolute atomic E-state index is 11.2. The Bertz CT molecular complexity index is 532. The van der Waals surface area contributed by atoms with Gasteiger partial charge in [0.15, 0.2) is 0 Å². The summed E-state index contributed by atoms with van der Waals surface area (Å²) < 4.78 is 4.82. The van der Waals surface area contributed by atoms with Crippen LogP contribution in [0.1, 0.15) is 12.5 Å². The number of hydrogen-bond donors (Lipinski definition) is 1. The number of alkyl carbamates (subject to hydrolysis) is 1. The summed E-state index contributed by atoms with van der Waals surface area (Å²) in [5.74, 6) is 0. The van der Waals surface area contributed by atoms with Crippen LogP contribution in [0, 0.1) is 0 Å². The molecule has 2 rings (SSSR count). The van der Waals surface area contributed by atoms with Crippen LogP contribution >= 0.6 is 0 Å². The molecule has 0 fully saturated rings. The number of fused-ring (bicyclic) bond motifs is 1. The summed E-state index contributed by atoms with van der Waals surface area (Å²) in [6, 6.07) is 14.5. The maximum Gasteiger partial charge on any atom is 0.407 e. The van der Waals surface area contributed by atoms with Crippen molar-refractivity contribution in [2.45, 2.75) is 13.3 Å². The molecule has 0 unspecified atom stereocenters. The third-order valence-electron chi connectivity index (χ3n) is 2.82. The van der Waals surface area contributed by atoms with Gasteiger partial charge in [-0.25, -0.2) is 4.79 Å². The van der Waals surface area contributed by atoms with Crippen molar-refractivity contribution in [2.75, 3.05) is 13.2 Å². The van der Waals surface area contributed by atoms with Crippen molar-refractivity contribution in [1.29, 1.82) is 0 Å². The fourth-order valence-corrected chi connectivity index (χ4v) is 1.99. The Hall–Kier alpha value is -2.03. The van der Waals surface area contributed by atoms with Crippen molar-refractivity contribution in [2.24, 2.45) is 0 Å². The summed E-state index contributed by atoms with van der Waals surface area (Å²) in [6.45, 7) is 2.79. The van der Waals surface area contributed by atoms with Gasteiger partial charge in [0.05, 0.1) is 6.61 Å². The summed E-state index contributed by atoms with van der Waals surface area (Å²) in [7, 11) is 0. The minimum Gasteiger partial charge on any atom is -0.450 e. The molecule has 18 heavy (non-hydrogen) atoms. The number of carbonyl (C=O) groups excluding carboxylic acids is 1. The van der Waals surface area contributed by atoms with E-state index >= 15 is 0 Å². The molecule has 1 N–H and O–H groups in total. The Kier molecular flexibility index (Phi) is 4.18. The molecular formula is C15H17NO2. The van der Waals surface area contributed by atoms with E-state index in [2.05, 4.69) is 29.6 Å². The number of benzene rings is 2. The molecule has 2 aromatic rings. The molecule has 0 atom stereocenters. The number of amides is 1. The Morgan fingerprint density at radius 1 is 1.17 bits per heavy atom. The van der Waals surface area contributed by atoms with Crippen LogP contribution in [0.3, 0.4) is 0 Å². The average molecular weight is 243 g/mol. The number of rotatable bonds is 4. The zero-order valence-corrected chi connectivity index (χ0v) is 10.5. The van der Waals surface area contributed by atoms with Crippen LogP contribution in [0.15, 0.2) is 42.5 Å². The van der Waals surface area contributed by atoms with E-state index in [4.69, 9.17) is 4.74 Å². The van der Waals surface area contributed by atoms with E-state index < -0.39 is 0 Å². The molecule has 0 spiro atoms. The Morgan fingerprint density at radius 3 is 2.78 bits per heavy atom. The highest BCUT2D eigenvalue weighted by Crippen LogP contribution is 2.18. The van der Waals surface area contributed by atoms with Crippen molar-refractivity contribution < 1.29 is 9.53 Å². The molecule has 1 amide bonds. The molecule has 2 aromatic carbocycles. The second-order valence-corrected chi connectivity index (χ2v) is 4.04. The summed E-state index contributed by atoms with van der Waals surface area (Å²) in [5.41, 5.74) is 1.24. The smallest absolute Gasteiger partial charge is 0.407 e. The van der Waals surface area contributed by atoms with Crippen LogP contribution in [0.4, 0.5) is 4.79 Å². The topological polar surface area (TPSA) is 38.3 Å². The summed E-state index contributed by atoms with van der Waals surface area (Å²) in [4.78, 5) is 11.2. The van der Waals surface area contributed by atoms with Gasteiger partial charge in [0.25, 0.3) is 0 Å². The molecule has 3 nitrogen and oxygen atoms in total. The Labute approximate surface area is 107 Å². The minimum atomic E-state index is -0.349. The highest BCUT2D eigenvalue weighted by molar-refractivity contribution is 5.85. The minimum absolute atomic E-state index is 0.349. The van der Waals surface area contributed by atoms with E-state index in [1.165, 1.54) is 16.3 Å². The van der Waals surface area contributed by atoms with Crippen molar-refractivity contribution in [3.63, 3.8) is 0 Å². The van der Waals surface area contributed by atoms with Crippen LogP contribution in [0.5, 0.6) is 0 Å². The van der Waals surface area contributed by atoms with Crippen molar-refractivity contribution in [1.82, 2.24) is 5.32 Å². The van der Waals surface area contributed by atoms with E-state index in [0.717, 1.165) is 6.42 Å². The lowest BCUT2D eigenvalue weighted by Gasteiger charge is -2.08. The number of hydrogen-bond acceptors (Lipinski definition) is 2. The van der Waals surface area contributed by atoms with Crippen molar-refractivity contribution in [3.8, 4) is 0 Å². The SMILES string of the molecule is CCOC(=O)NCCc1cccc2ccccc12. The lowest BCUT2D eigenvalue weighted by molar-refractivity contribution is 0.152. The molecule has 0 saturated heterocycles. The van der Waals surface area contributed by atoms with Gasteiger partial charge in [-0.3, -0.25) is 0 Å². The van der Waals surface area contributed by atoms with Crippen LogP contribution in [0.25, 0.3) is 10.8 Å². The Morgan fingerprint density at radius 2 is 1.94 bits per heavy atom. The van der Waals surface area contributed by atoms with Gasteiger partial charge in [-0.05, 0) is 29.7 Å². The van der Waals surface area contributed by atoms with Gasteiger partial charge >= 0.3 is 6.09 Å². The lowest BCUT2D eigenvalue weighted by atomic mass is 10.0. The molecule has 0 bridgehead atoms. The monoisotopic (exact) mass is 243 g/mol. The van der Waals surface area contributed by atoms with Crippen molar-refractivity contribution >= 4 is 16.9 Å². The van der Waals surface area contributed by atoms with Gasteiger partial charge in [0, 0.05) is 6.54 Å². The van der Waals surface area contributed by atoms with Crippen LogP contribution in [-0.4, -0.2) is 19.2 Å². The molecule has 0 radical (unpaired) electrons. The lowest BCUT2D eigenvalue weighted by Crippen LogP contribution is -2.26. The molecule has 0 saturated carbocycles. The molecule has 0 heterocycles. The zero-order chi connectivity index (χ0) is 12.8. The summed E-state index contributed by atoms with van der Waals surface area (Å²) in [6.07, 6.45) is 0.456. The first kappa shape index (κ1) is 12.4. The highest BCUT2D eigenvalue weighted by atomic mass is 16.5. The average Bonchev–Trinajstić information content (AvgIpc) is 2.39. The molecule has 0 aliphatic heterocycles. The Balaban J connectivity index is 2.01. The van der Waals surface area contributed by atoms with Gasteiger partial charge in [-0.2, -0.15) is 0 Å². The van der Waals surface area contributed by atoms with Crippen molar-refractivity contribution in [3.05, 3.63) is 48.0 Å². The normalized spacial score (nSPS) is 10.3. The van der Waals surface area contributed by atoms with E-state index in [1.54, 1.807) is 6.92 Å². The van der Waals surface area contributed by atoms with Crippen LogP contribution < -0.4 is 5.32 Å². The number of nitrogens with one attached hydrogen (secondary N) is 1. The molecule has 0 aromatic heterocycles. The van der Waals surface area contributed by atoms with Crippen LogP contribution in [-0.2, 0) is 11.2 Å². The van der Waals surface area contributed by atoms with Gasteiger partial charge < -0.3 is 10.1 Å². The molecule has 0 aliphatic rings. The van der Waals surface area contributed by atoms with Gasteiger partial charge in [0.2, 0.25) is 0 Å². The van der Waals surface area contributed by atoms with E-state index in [1.807, 2.05) is 18.2 Å². The predicted octanol–water partition coefficient (Wildman–Crippen LogP) is 3.13. The predicted molar refractivity (Wildman–Crippen MR) is 72.7 cm³/mol. The number of carbonyl (C=O) groups is 1. The first-order chi connectivity index (χ1) is 8.81. The third kappa shape index (κ3) is 3.00. The highest BCUT2D eigenvalue weighted by Gasteiger charge is 2.02. The quantitative estimate of drug-likeness (QED) is 0.896. The molecule has 0 aliphatic carbocycles. The van der Waals surface area contributed by atoms with E-state index in [0.29, 0.717) is 13.2 Å². The largest absolute Gasteiger partial charge is 0.450 e. The van der Waals surface area contributed by atoms with Gasteiger partial charge in [-0.15, -0.1) is 0 Å².